The maximum Gasteiger partial charge on any atom is 0.514 e. The largest absolute Gasteiger partial charge is 0.514 e. The molecule has 1 amide bonds. The molecule has 3 aliphatic heterocycles. The molecule has 15 unspecified atom stereocenters. The van der Waals surface area contributed by atoms with E-state index in [1.165, 1.54) is 79.1 Å². The maximum absolute atomic E-state index is 12.0. The number of nitrogens with two attached hydrogens (primary N) is 5. The first-order chi connectivity index (χ1) is 42.4. The van der Waals surface area contributed by atoms with E-state index in [1.807, 2.05) is 4.90 Å². The Morgan fingerprint density at radius 1 is 0.506 bits per heavy atom. The predicted molar refractivity (Wildman–Crippen MR) is 310 cm³/mol. The van der Waals surface area contributed by atoms with Crippen molar-refractivity contribution in [3.63, 3.8) is 0 Å². The molecular formula is C51H89ClN10O27. The van der Waals surface area contributed by atoms with Crippen LogP contribution in [0.4, 0.5) is 25.8 Å². The first-order valence-electron chi connectivity index (χ1n) is 27.3. The van der Waals surface area contributed by atoms with E-state index in [0.29, 0.717) is 58.9 Å². The van der Waals surface area contributed by atoms with Gasteiger partial charge in [-0.3, -0.25) is 30.0 Å². The summed E-state index contributed by atoms with van der Waals surface area (Å²) >= 11 is 4.92. The molecular weight excluding hydrogens is 1220 g/mol. The summed E-state index contributed by atoms with van der Waals surface area (Å²) in [6.45, 7) is 8.07. The van der Waals surface area contributed by atoms with Gasteiger partial charge in [-0.15, -0.1) is 0 Å². The summed E-state index contributed by atoms with van der Waals surface area (Å²) in [5, 5.41) is 92.5. The molecule has 2 aromatic carbocycles. The zero-order valence-electron chi connectivity index (χ0n) is 50.2. The number of aliphatic hydroxyl groups is 7. The number of aliphatic hydroxyl groups excluding tert-OH is 7. The average molecular weight is 1310 g/mol. The minimum Gasteiger partial charge on any atom is -0.440 e. The number of non-ortho nitro benzene ring substituents is 2. The van der Waals surface area contributed by atoms with Gasteiger partial charge in [0.15, 0.2) is 31.1 Å². The van der Waals surface area contributed by atoms with Gasteiger partial charge in [-0.05, 0) is 24.3 Å². The van der Waals surface area contributed by atoms with Crippen molar-refractivity contribution in [1.82, 2.24) is 15.1 Å². The lowest BCUT2D eigenvalue weighted by Crippen LogP contribution is -2.61. The number of hydrogen-bond acceptors (Lipinski definition) is 34. The Morgan fingerprint density at radius 3 is 1.18 bits per heavy atom. The number of nitrogens with one attached hydrogen (secondary N) is 1. The number of ether oxygens (including phenoxy) is 13. The van der Waals surface area contributed by atoms with Crippen molar-refractivity contribution in [2.24, 2.45) is 28.7 Å². The Bertz CT molecular complexity index is 2240. The fraction of sp³-hybridized carbons (Fsp3) is 0.706. The highest BCUT2D eigenvalue weighted by Crippen LogP contribution is 2.28. The van der Waals surface area contributed by atoms with Crippen molar-refractivity contribution < 1.29 is 122 Å². The molecule has 3 fully saturated rings. The monoisotopic (exact) mass is 1310 g/mol. The maximum atomic E-state index is 12.0. The summed E-state index contributed by atoms with van der Waals surface area (Å²) in [7, 11) is 8.26. The highest BCUT2D eigenvalue weighted by molar-refractivity contribution is 6.61. The van der Waals surface area contributed by atoms with Gasteiger partial charge < -0.3 is 131 Å². The van der Waals surface area contributed by atoms with Crippen LogP contribution in [0.5, 0.6) is 11.5 Å². The van der Waals surface area contributed by atoms with Crippen LogP contribution in [0.25, 0.3) is 0 Å². The van der Waals surface area contributed by atoms with Crippen LogP contribution in [-0.2, 0) is 52.1 Å². The minimum absolute atomic E-state index is 0.00614. The van der Waals surface area contributed by atoms with Crippen LogP contribution in [0.15, 0.2) is 48.5 Å². The van der Waals surface area contributed by atoms with E-state index in [1.54, 1.807) is 0 Å². The van der Waals surface area contributed by atoms with Crippen molar-refractivity contribution in [2.75, 3.05) is 141 Å². The van der Waals surface area contributed by atoms with Crippen LogP contribution in [0.3, 0.4) is 0 Å². The molecule has 0 aromatic heterocycles. The highest BCUT2D eigenvalue weighted by Gasteiger charge is 2.49. The zero-order valence-corrected chi connectivity index (χ0v) is 51.0. The standard InChI is InChI=1S/C15H32N4O7.C15H19NO10.C8H16O6.C7H4ClNO4.C6H18N4/c1-23-9-10-11(20)13(12(21)14(24-2)25-10)26-15(22)18-5-8-19(6-3-16)7-4-17;1-22-7-10-11(17)13(12(18)14(23-2)25-10)26-15(19)24-9-5-3-8(4-6-9)16(20)21;1-12-3-4-5(9)6(10)7(11)8(13-2)14-4;8-7(10)13-6-3-1-5(2-4-6)9(11)12;7-1-4-10(5-2-8)6-3-9/h10-14,20-21H,3-9,16-17H2,1-2H3,(H,18,22);3-6,10-14,17-18H,7H2,1-2H3;4-11H,3H2,1-2H3;1-4H;1-9H2. The molecule has 3 saturated heterocycles. The van der Waals surface area contributed by atoms with E-state index in [2.05, 4.69) is 15.0 Å². The van der Waals surface area contributed by atoms with Gasteiger partial charge in [0.25, 0.3) is 11.4 Å². The quantitative estimate of drug-likeness (QED) is 0.0126. The molecule has 3 heterocycles. The van der Waals surface area contributed by atoms with Gasteiger partial charge in [-0.25, -0.2) is 14.4 Å². The predicted octanol–water partition coefficient (Wildman–Crippen LogP) is -4.16. The third-order valence-corrected chi connectivity index (χ3v) is 12.6. The number of alkyl carbamates (subject to hydrolysis) is 1. The Morgan fingerprint density at radius 2 is 0.843 bits per heavy atom. The molecule has 0 spiro atoms. The van der Waals surface area contributed by atoms with Gasteiger partial charge in [-0.1, -0.05) is 0 Å². The molecule has 0 aliphatic carbocycles. The fourth-order valence-corrected chi connectivity index (χ4v) is 8.24. The normalized spacial score (nSPS) is 26.2. The second kappa shape index (κ2) is 45.8. The number of methoxy groups -OCH3 is 6. The summed E-state index contributed by atoms with van der Waals surface area (Å²) in [6, 6.07) is 9.73. The number of nitro groups is 2. The summed E-state index contributed by atoms with van der Waals surface area (Å²) in [5.41, 5.74) is 25.9. The number of nitrogens with zero attached hydrogens (tertiary/aromatic N) is 4. The van der Waals surface area contributed by atoms with Crippen molar-refractivity contribution >= 4 is 40.7 Å². The summed E-state index contributed by atoms with van der Waals surface area (Å²) < 4.78 is 64.9. The van der Waals surface area contributed by atoms with Gasteiger partial charge in [0, 0.05) is 157 Å². The third-order valence-electron chi connectivity index (χ3n) is 12.5. The number of amides is 1. The number of rotatable bonds is 28. The molecule has 5 rings (SSSR count). The van der Waals surface area contributed by atoms with E-state index in [9.17, 15) is 70.4 Å². The molecule has 3 aliphatic rings. The molecule has 89 heavy (non-hydrogen) atoms. The van der Waals surface area contributed by atoms with E-state index in [4.69, 9.17) is 97.1 Å². The van der Waals surface area contributed by atoms with Crippen LogP contribution in [0, 0.1) is 20.2 Å². The first kappa shape index (κ1) is 81.6. The van der Waals surface area contributed by atoms with E-state index in [-0.39, 0.29) is 42.7 Å². The lowest BCUT2D eigenvalue weighted by Gasteiger charge is -2.41. The number of carbonyl (C=O) groups excluding carboxylic acids is 3. The molecule has 18 N–H and O–H groups in total. The van der Waals surface area contributed by atoms with Crippen molar-refractivity contribution in [3.05, 3.63) is 68.8 Å². The zero-order chi connectivity index (χ0) is 67.2. The number of carbonyl (C=O) groups is 3. The van der Waals surface area contributed by atoms with E-state index < -0.39 is 120 Å². The van der Waals surface area contributed by atoms with Crippen LogP contribution in [0.2, 0.25) is 0 Å². The molecule has 37 nitrogen and oxygen atoms in total. The number of halogens is 1. The molecule has 512 valence electrons. The van der Waals surface area contributed by atoms with Gasteiger partial charge in [0.1, 0.15) is 72.5 Å². The smallest absolute Gasteiger partial charge is 0.440 e. The second-order valence-corrected chi connectivity index (χ2v) is 19.1. The minimum atomic E-state index is -1.47. The first-order valence-corrected chi connectivity index (χ1v) is 27.7. The Kier molecular flexibility index (Phi) is 42.0. The topological polar surface area (TPSA) is 548 Å². The van der Waals surface area contributed by atoms with E-state index >= 15 is 0 Å². The van der Waals surface area contributed by atoms with Crippen LogP contribution in [0.1, 0.15) is 0 Å². The number of nitro benzene ring substituents is 2. The molecule has 38 heteroatoms. The van der Waals surface area contributed by atoms with E-state index in [0.717, 1.165) is 31.8 Å². The van der Waals surface area contributed by atoms with Gasteiger partial charge >= 0.3 is 17.7 Å². The third kappa shape index (κ3) is 29.6. The van der Waals surface area contributed by atoms with Crippen LogP contribution < -0.4 is 43.5 Å². The molecule has 0 saturated carbocycles. The van der Waals surface area contributed by atoms with Crippen molar-refractivity contribution in [2.45, 2.75) is 92.1 Å². The van der Waals surface area contributed by atoms with Crippen LogP contribution in [-0.4, -0.2) is 306 Å². The Labute approximate surface area is 518 Å². The van der Waals surface area contributed by atoms with Gasteiger partial charge in [-0.2, -0.15) is 0 Å². The Hall–Kier alpha value is -5.38. The Balaban J connectivity index is 0.000000584. The van der Waals surface area contributed by atoms with Gasteiger partial charge in [0.05, 0.1) is 29.7 Å². The van der Waals surface area contributed by atoms with Crippen LogP contribution >= 0.6 is 11.6 Å². The summed E-state index contributed by atoms with van der Waals surface area (Å²) in [6.07, 6.45) is -19.2. The average Bonchev–Trinajstić information content (AvgIpc) is 2.98. The molecule has 15 atom stereocenters. The second-order valence-electron chi connectivity index (χ2n) is 18.8. The highest BCUT2D eigenvalue weighted by atomic mass is 35.5. The molecule has 0 radical (unpaired) electrons. The van der Waals surface area contributed by atoms with Gasteiger partial charge in [0.2, 0.25) is 0 Å². The van der Waals surface area contributed by atoms with Crippen molar-refractivity contribution in [1.29, 1.82) is 0 Å². The lowest BCUT2D eigenvalue weighted by atomic mass is 9.99. The lowest BCUT2D eigenvalue weighted by molar-refractivity contribution is -0.385. The molecule has 0 bridgehead atoms. The molecule has 2 aromatic rings. The SMILES string of the molecule is COCC1OC(OC)C(O)C(O)C1O.COCC1OC(OC)C(O)C(OC(=O)NCCN(CCN)CCN)C1O.COCC1OC(OC)C(O)C(OC(=O)Oc2ccc([N+](=O)[O-])cc2)C1O.NCCN(CCN)CCN.O=C(Cl)Oc1ccc([N+](=O)[O-])cc1. The number of benzene rings is 2. The fourth-order valence-electron chi connectivity index (χ4n) is 8.15. The summed E-state index contributed by atoms with van der Waals surface area (Å²) in [5.74, 6) is 0.166. The van der Waals surface area contributed by atoms with Crippen molar-refractivity contribution in [3.8, 4) is 11.5 Å². The summed E-state index contributed by atoms with van der Waals surface area (Å²) in [4.78, 5) is 58.0. The number of hydrogen-bond donors (Lipinski definition) is 13.